The van der Waals surface area contributed by atoms with Gasteiger partial charge < -0.3 is 5.11 Å². The first-order valence-electron chi connectivity index (χ1n) is 6.69. The van der Waals surface area contributed by atoms with Gasteiger partial charge in [-0.05, 0) is 36.3 Å². The maximum Gasteiger partial charge on any atom is 0.322 e. The zero-order chi connectivity index (χ0) is 16.6. The molecule has 0 saturated carbocycles. The molecule has 122 valence electrons. The van der Waals surface area contributed by atoms with Crippen molar-refractivity contribution in [1.82, 2.24) is 24.9 Å². The van der Waals surface area contributed by atoms with Gasteiger partial charge in [0.15, 0.2) is 0 Å². The molecule has 1 aromatic carbocycles. The maximum absolute atomic E-state index is 12.7. The standard InChI is InChI=1S/C12H12ClN5O4S/c13-9-4-3-7(6-8(9)11-14-16-17-15-11)23(21,22)18-5-1-2-10(18)12(19)20/h3-4,6,10H,1-2,5H2,(H,19,20)(H,14,15,16,17)/t10-/m1/s1. The van der Waals surface area contributed by atoms with Crippen molar-refractivity contribution in [3.63, 3.8) is 0 Å². The number of nitrogens with zero attached hydrogens (tertiary/aromatic N) is 4. The van der Waals surface area contributed by atoms with Crippen molar-refractivity contribution in [1.29, 1.82) is 0 Å². The number of nitrogens with one attached hydrogen (secondary N) is 1. The molecular weight excluding hydrogens is 346 g/mol. The van der Waals surface area contributed by atoms with Crippen LogP contribution in [0.3, 0.4) is 0 Å². The van der Waals surface area contributed by atoms with E-state index in [1.165, 1.54) is 18.2 Å². The normalized spacial score (nSPS) is 19.1. The molecule has 1 aliphatic rings. The summed E-state index contributed by atoms with van der Waals surface area (Å²) < 4.78 is 26.5. The Kier molecular flexibility index (Phi) is 4.04. The predicted octanol–water partition coefficient (Wildman–Crippen LogP) is 0.758. The highest BCUT2D eigenvalue weighted by Crippen LogP contribution is 2.31. The third-order valence-corrected chi connectivity index (χ3v) is 5.85. The van der Waals surface area contributed by atoms with Gasteiger partial charge in [0.25, 0.3) is 0 Å². The molecule has 2 N–H and O–H groups in total. The monoisotopic (exact) mass is 357 g/mol. The molecule has 11 heteroatoms. The second-order valence-electron chi connectivity index (χ2n) is 4.99. The highest BCUT2D eigenvalue weighted by atomic mass is 35.5. The lowest BCUT2D eigenvalue weighted by atomic mass is 10.2. The van der Waals surface area contributed by atoms with Crippen LogP contribution >= 0.6 is 11.6 Å². The Bertz CT molecular complexity index is 839. The number of halogens is 1. The van der Waals surface area contributed by atoms with Crippen molar-refractivity contribution in [3.8, 4) is 11.4 Å². The first-order chi connectivity index (χ1) is 10.9. The highest BCUT2D eigenvalue weighted by molar-refractivity contribution is 7.89. The molecule has 2 heterocycles. The number of carboxylic acid groups (broad SMARTS) is 1. The van der Waals surface area contributed by atoms with Gasteiger partial charge in [-0.3, -0.25) is 4.79 Å². The molecule has 0 unspecified atom stereocenters. The summed E-state index contributed by atoms with van der Waals surface area (Å²) in [6.07, 6.45) is 0.793. The molecule has 23 heavy (non-hydrogen) atoms. The number of sulfonamides is 1. The van der Waals surface area contributed by atoms with Gasteiger partial charge in [-0.1, -0.05) is 11.6 Å². The number of carbonyl (C=O) groups is 1. The zero-order valence-electron chi connectivity index (χ0n) is 11.7. The fourth-order valence-corrected chi connectivity index (χ4v) is 4.40. The largest absolute Gasteiger partial charge is 0.480 e. The maximum atomic E-state index is 12.7. The number of tetrazole rings is 1. The second kappa shape index (κ2) is 5.87. The summed E-state index contributed by atoms with van der Waals surface area (Å²) in [5.41, 5.74) is 0.299. The number of rotatable bonds is 4. The lowest BCUT2D eigenvalue weighted by Crippen LogP contribution is -2.40. The minimum atomic E-state index is -3.96. The molecule has 1 fully saturated rings. The summed E-state index contributed by atoms with van der Waals surface area (Å²) in [6, 6.07) is 3.01. The molecule has 9 nitrogen and oxygen atoms in total. The fraction of sp³-hybridized carbons (Fsp3) is 0.333. The minimum Gasteiger partial charge on any atom is -0.480 e. The lowest BCUT2D eigenvalue weighted by Gasteiger charge is -2.21. The molecule has 2 aromatic rings. The van der Waals surface area contributed by atoms with Crippen LogP contribution in [0.4, 0.5) is 0 Å². The lowest BCUT2D eigenvalue weighted by molar-refractivity contribution is -0.140. The third-order valence-electron chi connectivity index (χ3n) is 3.62. The molecule has 1 saturated heterocycles. The Balaban J connectivity index is 2.04. The van der Waals surface area contributed by atoms with E-state index in [0.29, 0.717) is 18.4 Å². The van der Waals surface area contributed by atoms with Crippen LogP contribution in [0.5, 0.6) is 0 Å². The van der Waals surface area contributed by atoms with E-state index < -0.39 is 22.0 Å². The van der Waals surface area contributed by atoms with Crippen LogP contribution in [0.25, 0.3) is 11.4 Å². The van der Waals surface area contributed by atoms with Crippen molar-refractivity contribution < 1.29 is 18.3 Å². The van der Waals surface area contributed by atoms with Crippen LogP contribution in [0, 0.1) is 0 Å². The number of hydrogen-bond donors (Lipinski definition) is 2. The van der Waals surface area contributed by atoms with Crippen LogP contribution in [-0.4, -0.2) is 57.0 Å². The Hall–Kier alpha value is -2.04. The molecule has 0 spiro atoms. The van der Waals surface area contributed by atoms with Crippen molar-refractivity contribution >= 4 is 27.6 Å². The zero-order valence-corrected chi connectivity index (χ0v) is 13.3. The molecule has 0 aliphatic carbocycles. The van der Waals surface area contributed by atoms with Crippen molar-refractivity contribution in [2.75, 3.05) is 6.54 Å². The van der Waals surface area contributed by atoms with Gasteiger partial charge in [0.1, 0.15) is 6.04 Å². The number of aromatic nitrogens is 4. The van der Waals surface area contributed by atoms with Crippen LogP contribution in [0.15, 0.2) is 23.1 Å². The van der Waals surface area contributed by atoms with E-state index in [9.17, 15) is 18.3 Å². The van der Waals surface area contributed by atoms with Crippen molar-refractivity contribution in [2.45, 2.75) is 23.8 Å². The Morgan fingerprint density at radius 2 is 2.22 bits per heavy atom. The van der Waals surface area contributed by atoms with E-state index in [1.54, 1.807) is 0 Å². The van der Waals surface area contributed by atoms with E-state index in [2.05, 4.69) is 20.6 Å². The summed E-state index contributed by atoms with van der Waals surface area (Å²) in [7, 11) is -3.96. The van der Waals surface area contributed by atoms with Gasteiger partial charge in [0.2, 0.25) is 15.8 Å². The summed E-state index contributed by atoms with van der Waals surface area (Å²) in [5, 5.41) is 22.7. The van der Waals surface area contributed by atoms with E-state index in [4.69, 9.17) is 11.6 Å². The van der Waals surface area contributed by atoms with Crippen LogP contribution in [0.2, 0.25) is 5.02 Å². The van der Waals surface area contributed by atoms with E-state index in [-0.39, 0.29) is 22.3 Å². The molecule has 1 aromatic heterocycles. The van der Waals surface area contributed by atoms with Crippen molar-refractivity contribution in [2.24, 2.45) is 0 Å². The molecule has 1 atom stereocenters. The quantitative estimate of drug-likeness (QED) is 0.826. The predicted molar refractivity (Wildman–Crippen MR) is 79.2 cm³/mol. The number of hydrogen-bond acceptors (Lipinski definition) is 6. The van der Waals surface area contributed by atoms with E-state index in [0.717, 1.165) is 4.31 Å². The van der Waals surface area contributed by atoms with E-state index >= 15 is 0 Å². The number of aromatic amines is 1. The second-order valence-corrected chi connectivity index (χ2v) is 7.29. The van der Waals surface area contributed by atoms with E-state index in [1.807, 2.05) is 0 Å². The van der Waals surface area contributed by atoms with Crippen LogP contribution in [-0.2, 0) is 14.8 Å². The molecule has 0 amide bonds. The number of carboxylic acids is 1. The van der Waals surface area contributed by atoms with Gasteiger partial charge in [-0.2, -0.15) is 9.52 Å². The van der Waals surface area contributed by atoms with Crippen molar-refractivity contribution in [3.05, 3.63) is 23.2 Å². The topological polar surface area (TPSA) is 129 Å². The van der Waals surface area contributed by atoms with Crippen LogP contribution < -0.4 is 0 Å². The molecule has 1 aliphatic heterocycles. The smallest absolute Gasteiger partial charge is 0.322 e. The highest BCUT2D eigenvalue weighted by Gasteiger charge is 2.39. The first-order valence-corrected chi connectivity index (χ1v) is 8.51. The summed E-state index contributed by atoms with van der Waals surface area (Å²) in [5.74, 6) is -0.998. The average molecular weight is 358 g/mol. The Morgan fingerprint density at radius 3 is 2.87 bits per heavy atom. The first kappa shape index (κ1) is 15.8. The average Bonchev–Trinajstić information content (AvgIpc) is 3.19. The fourth-order valence-electron chi connectivity index (χ4n) is 2.52. The summed E-state index contributed by atoms with van der Waals surface area (Å²) >= 11 is 6.05. The van der Waals surface area contributed by atoms with Gasteiger partial charge in [0, 0.05) is 12.1 Å². The molecule has 3 rings (SSSR count). The van der Waals surface area contributed by atoms with Gasteiger partial charge in [-0.15, -0.1) is 10.2 Å². The Labute approximate surface area is 136 Å². The Morgan fingerprint density at radius 1 is 1.43 bits per heavy atom. The molecule has 0 bridgehead atoms. The van der Waals surface area contributed by atoms with Gasteiger partial charge >= 0.3 is 5.97 Å². The number of H-pyrrole nitrogens is 1. The summed E-state index contributed by atoms with van der Waals surface area (Å²) in [6.45, 7) is 0.166. The van der Waals surface area contributed by atoms with Gasteiger partial charge in [-0.25, -0.2) is 8.42 Å². The molecular formula is C12H12ClN5O4S. The summed E-state index contributed by atoms with van der Waals surface area (Å²) in [4.78, 5) is 11.2. The van der Waals surface area contributed by atoms with Gasteiger partial charge in [0.05, 0.1) is 9.92 Å². The minimum absolute atomic E-state index is 0.0603. The SMILES string of the molecule is O=C(O)[C@H]1CCCN1S(=O)(=O)c1ccc(Cl)c(-c2nn[nH]n2)c1. The van der Waals surface area contributed by atoms with Crippen LogP contribution in [0.1, 0.15) is 12.8 Å². The number of aliphatic carboxylic acids is 1. The molecule has 0 radical (unpaired) electrons. The third kappa shape index (κ3) is 2.80. The number of benzene rings is 1.